The molecule has 0 aromatic carbocycles. The topological polar surface area (TPSA) is 82.5 Å². The fourth-order valence-corrected chi connectivity index (χ4v) is 1.15. The van der Waals surface area contributed by atoms with E-state index in [9.17, 15) is 9.59 Å². The van der Waals surface area contributed by atoms with Crippen molar-refractivity contribution in [1.82, 2.24) is 10.3 Å². The van der Waals surface area contributed by atoms with Crippen LogP contribution in [0.25, 0.3) is 0 Å². The minimum absolute atomic E-state index is 0.198. The molecule has 6 heteroatoms. The normalized spacial score (nSPS) is 11.7. The lowest BCUT2D eigenvalue weighted by molar-refractivity contribution is -0.138. The highest BCUT2D eigenvalue weighted by atomic mass is 16.4. The number of carbonyl (C=O) groups excluding carboxylic acids is 1. The molecule has 0 unspecified atom stereocenters. The van der Waals surface area contributed by atoms with Gasteiger partial charge in [-0.15, -0.1) is 0 Å². The molecule has 1 rings (SSSR count). The van der Waals surface area contributed by atoms with Crippen LogP contribution in [0.2, 0.25) is 0 Å². The quantitative estimate of drug-likeness (QED) is 0.789. The minimum atomic E-state index is -1.08. The molecule has 0 radical (unpaired) electrons. The van der Waals surface area contributed by atoms with Gasteiger partial charge in [-0.05, 0) is 19.1 Å². The van der Waals surface area contributed by atoms with Crippen LogP contribution in [0.1, 0.15) is 17.4 Å². The number of rotatable bonds is 4. The molecule has 92 valence electrons. The highest BCUT2D eigenvalue weighted by Crippen LogP contribution is 2.10. The third-order valence-corrected chi connectivity index (χ3v) is 2.21. The molecule has 1 aromatic heterocycles. The minimum Gasteiger partial charge on any atom is -0.480 e. The molecular weight excluding hydrogens is 222 g/mol. The van der Waals surface area contributed by atoms with Gasteiger partial charge in [-0.3, -0.25) is 14.6 Å². The molecule has 0 saturated heterocycles. The van der Waals surface area contributed by atoms with E-state index >= 15 is 0 Å². The third kappa shape index (κ3) is 3.44. The van der Waals surface area contributed by atoms with Crippen LogP contribution >= 0.6 is 0 Å². The molecule has 1 atom stereocenters. The van der Waals surface area contributed by atoms with Crippen LogP contribution in [-0.2, 0) is 4.79 Å². The standard InChI is InChI=1S/C11H15N3O3/c1-7(11(16)17)13-10(15)9-6-8(14(2)3)4-5-12-9/h4-7H,1-3H3,(H,13,15)(H,16,17)/t7-/m1/s1. The Kier molecular flexibility index (Phi) is 4.03. The molecule has 0 bridgehead atoms. The number of carboxylic acids is 1. The molecule has 6 nitrogen and oxygen atoms in total. The van der Waals surface area contributed by atoms with E-state index in [1.807, 2.05) is 19.0 Å². The number of hydrogen-bond donors (Lipinski definition) is 2. The van der Waals surface area contributed by atoms with Crippen molar-refractivity contribution in [2.24, 2.45) is 0 Å². The largest absolute Gasteiger partial charge is 0.480 e. The predicted molar refractivity (Wildman–Crippen MR) is 63.1 cm³/mol. The number of hydrogen-bond acceptors (Lipinski definition) is 4. The fraction of sp³-hybridized carbons (Fsp3) is 0.364. The van der Waals surface area contributed by atoms with Gasteiger partial charge in [-0.1, -0.05) is 0 Å². The summed E-state index contributed by atoms with van der Waals surface area (Å²) in [4.78, 5) is 28.0. The van der Waals surface area contributed by atoms with Crippen LogP contribution < -0.4 is 10.2 Å². The highest BCUT2D eigenvalue weighted by Gasteiger charge is 2.16. The number of carboxylic acid groups (broad SMARTS) is 1. The predicted octanol–water partition coefficient (Wildman–Crippen LogP) is 0.350. The molecule has 0 aliphatic heterocycles. The zero-order valence-corrected chi connectivity index (χ0v) is 9.97. The van der Waals surface area contributed by atoms with Gasteiger partial charge in [-0.2, -0.15) is 0 Å². The van der Waals surface area contributed by atoms with Crippen LogP contribution in [0, 0.1) is 0 Å². The number of nitrogens with one attached hydrogen (secondary N) is 1. The lowest BCUT2D eigenvalue weighted by Crippen LogP contribution is -2.38. The van der Waals surface area contributed by atoms with E-state index in [1.54, 1.807) is 12.1 Å². The fourth-order valence-electron chi connectivity index (χ4n) is 1.15. The highest BCUT2D eigenvalue weighted by molar-refractivity contribution is 5.95. The molecule has 0 fully saturated rings. The van der Waals surface area contributed by atoms with Gasteiger partial charge >= 0.3 is 5.97 Å². The second kappa shape index (κ2) is 5.29. The van der Waals surface area contributed by atoms with E-state index in [2.05, 4.69) is 10.3 Å². The number of anilines is 1. The first-order valence-corrected chi connectivity index (χ1v) is 5.09. The van der Waals surface area contributed by atoms with Crippen molar-refractivity contribution in [1.29, 1.82) is 0 Å². The molecule has 0 aliphatic rings. The maximum Gasteiger partial charge on any atom is 0.325 e. The van der Waals surface area contributed by atoms with Crippen molar-refractivity contribution in [3.05, 3.63) is 24.0 Å². The summed E-state index contributed by atoms with van der Waals surface area (Å²) in [5.41, 5.74) is 1.03. The Hall–Kier alpha value is -2.11. The van der Waals surface area contributed by atoms with Gasteiger partial charge in [0.2, 0.25) is 0 Å². The van der Waals surface area contributed by atoms with Gasteiger partial charge in [0.15, 0.2) is 0 Å². The molecular formula is C11H15N3O3. The second-order valence-electron chi connectivity index (χ2n) is 3.83. The van der Waals surface area contributed by atoms with E-state index in [-0.39, 0.29) is 5.69 Å². The third-order valence-electron chi connectivity index (χ3n) is 2.21. The van der Waals surface area contributed by atoms with Crippen LogP contribution in [0.15, 0.2) is 18.3 Å². The number of nitrogens with zero attached hydrogens (tertiary/aromatic N) is 2. The summed E-state index contributed by atoms with van der Waals surface area (Å²) in [6.45, 7) is 1.40. The van der Waals surface area contributed by atoms with Gasteiger partial charge in [0, 0.05) is 26.0 Å². The molecule has 0 aliphatic carbocycles. The van der Waals surface area contributed by atoms with Crippen LogP contribution in [0.4, 0.5) is 5.69 Å². The number of carbonyl (C=O) groups is 2. The van der Waals surface area contributed by atoms with Crippen molar-refractivity contribution < 1.29 is 14.7 Å². The Labute approximate surface area is 99.3 Å². The average Bonchev–Trinajstić information content (AvgIpc) is 2.28. The lowest BCUT2D eigenvalue weighted by atomic mass is 10.2. The Balaban J connectivity index is 2.82. The molecule has 1 aromatic rings. The summed E-state index contributed by atoms with van der Waals surface area (Å²) in [5.74, 6) is -1.58. The van der Waals surface area contributed by atoms with Gasteiger partial charge in [-0.25, -0.2) is 0 Å². The van der Waals surface area contributed by atoms with Crippen molar-refractivity contribution in [2.45, 2.75) is 13.0 Å². The van der Waals surface area contributed by atoms with E-state index in [4.69, 9.17) is 5.11 Å². The lowest BCUT2D eigenvalue weighted by Gasteiger charge is -2.13. The van der Waals surface area contributed by atoms with Crippen LogP contribution in [0.5, 0.6) is 0 Å². The van der Waals surface area contributed by atoms with E-state index in [0.717, 1.165) is 5.69 Å². The Morgan fingerprint density at radius 2 is 2.12 bits per heavy atom. The first kappa shape index (κ1) is 13.0. The molecule has 2 N–H and O–H groups in total. The maximum atomic E-state index is 11.7. The van der Waals surface area contributed by atoms with Crippen LogP contribution in [-0.4, -0.2) is 42.1 Å². The molecule has 0 spiro atoms. The van der Waals surface area contributed by atoms with E-state index in [0.29, 0.717) is 0 Å². The monoisotopic (exact) mass is 237 g/mol. The average molecular weight is 237 g/mol. The van der Waals surface area contributed by atoms with E-state index < -0.39 is 17.9 Å². The zero-order chi connectivity index (χ0) is 13.0. The first-order chi connectivity index (χ1) is 7.91. The summed E-state index contributed by atoms with van der Waals surface area (Å²) >= 11 is 0. The molecule has 17 heavy (non-hydrogen) atoms. The van der Waals surface area contributed by atoms with Gasteiger partial charge in [0.1, 0.15) is 11.7 Å². The van der Waals surface area contributed by atoms with Crippen molar-refractivity contribution in [3.63, 3.8) is 0 Å². The van der Waals surface area contributed by atoms with E-state index in [1.165, 1.54) is 13.1 Å². The Bertz CT molecular complexity index is 432. The first-order valence-electron chi connectivity index (χ1n) is 5.09. The molecule has 1 heterocycles. The molecule has 1 amide bonds. The number of aliphatic carboxylic acids is 1. The smallest absolute Gasteiger partial charge is 0.325 e. The summed E-state index contributed by atoms with van der Waals surface area (Å²) in [6.07, 6.45) is 1.51. The Morgan fingerprint density at radius 1 is 1.47 bits per heavy atom. The van der Waals surface area contributed by atoms with Gasteiger partial charge < -0.3 is 15.3 Å². The number of pyridine rings is 1. The second-order valence-corrected chi connectivity index (χ2v) is 3.83. The van der Waals surface area contributed by atoms with Gasteiger partial charge in [0.25, 0.3) is 5.91 Å². The van der Waals surface area contributed by atoms with Crippen molar-refractivity contribution in [2.75, 3.05) is 19.0 Å². The van der Waals surface area contributed by atoms with Crippen molar-refractivity contribution >= 4 is 17.6 Å². The Morgan fingerprint density at radius 3 is 2.65 bits per heavy atom. The summed E-state index contributed by atoms with van der Waals surface area (Å²) < 4.78 is 0. The number of aromatic nitrogens is 1. The van der Waals surface area contributed by atoms with Gasteiger partial charge in [0.05, 0.1) is 0 Å². The zero-order valence-electron chi connectivity index (χ0n) is 9.97. The van der Waals surface area contributed by atoms with Crippen molar-refractivity contribution in [3.8, 4) is 0 Å². The number of amides is 1. The SMILES string of the molecule is C[C@@H](NC(=O)c1cc(N(C)C)ccn1)C(=O)O. The van der Waals surface area contributed by atoms with Crippen LogP contribution in [0.3, 0.4) is 0 Å². The summed E-state index contributed by atoms with van der Waals surface area (Å²) in [6, 6.07) is 2.42. The maximum absolute atomic E-state index is 11.7. The summed E-state index contributed by atoms with van der Waals surface area (Å²) in [5, 5.41) is 11.0. The summed E-state index contributed by atoms with van der Waals surface area (Å²) in [7, 11) is 3.69. The molecule has 0 saturated carbocycles.